The number of ether oxygens (including phenoxy) is 1. The fourth-order valence-electron chi connectivity index (χ4n) is 3.92. The van der Waals surface area contributed by atoms with E-state index in [2.05, 4.69) is 16.8 Å². The molecule has 1 aromatic carbocycles. The Morgan fingerprint density at radius 1 is 1.16 bits per heavy atom. The Hall–Kier alpha value is -1.59. The molecule has 0 saturated carbocycles. The lowest BCUT2D eigenvalue weighted by Crippen LogP contribution is -2.53. The van der Waals surface area contributed by atoms with Crippen LogP contribution >= 0.6 is 0 Å². The fraction of sp³-hybridized carbons (Fsp3) is 0.650. The van der Waals surface area contributed by atoms with Gasteiger partial charge in [0.25, 0.3) is 0 Å². The minimum absolute atomic E-state index is 0.225. The van der Waals surface area contributed by atoms with E-state index in [1.54, 1.807) is 7.11 Å². The number of hydrogen-bond donors (Lipinski definition) is 0. The normalized spacial score (nSPS) is 22.8. The molecule has 0 bridgehead atoms. The molecule has 2 aliphatic rings. The highest BCUT2D eigenvalue weighted by molar-refractivity contribution is 5.79. The van der Waals surface area contributed by atoms with Gasteiger partial charge in [-0.1, -0.05) is 18.6 Å². The number of rotatable bonds is 5. The number of likely N-dealkylation sites (N-methyl/N-ethyl adjacent to an activating group) is 1. The third-order valence-electron chi connectivity index (χ3n) is 5.60. The summed E-state index contributed by atoms with van der Waals surface area (Å²) in [5, 5.41) is 0. The van der Waals surface area contributed by atoms with Gasteiger partial charge in [0.1, 0.15) is 5.75 Å². The molecule has 1 amide bonds. The molecule has 0 unspecified atom stereocenters. The van der Waals surface area contributed by atoms with Crippen LogP contribution in [0.4, 0.5) is 0 Å². The van der Waals surface area contributed by atoms with Crippen molar-refractivity contribution in [2.24, 2.45) is 0 Å². The third-order valence-corrected chi connectivity index (χ3v) is 5.60. The lowest BCUT2D eigenvalue weighted by molar-refractivity contribution is -0.132. The van der Waals surface area contributed by atoms with Crippen molar-refractivity contribution >= 4 is 5.91 Å². The first-order valence-electron chi connectivity index (χ1n) is 9.49. The summed E-state index contributed by atoms with van der Waals surface area (Å²) >= 11 is 0. The van der Waals surface area contributed by atoms with E-state index in [-0.39, 0.29) is 5.91 Å². The molecule has 2 fully saturated rings. The molecule has 0 aliphatic carbocycles. The molecule has 3 rings (SSSR count). The van der Waals surface area contributed by atoms with E-state index >= 15 is 0 Å². The van der Waals surface area contributed by atoms with Crippen molar-refractivity contribution in [1.29, 1.82) is 0 Å². The van der Waals surface area contributed by atoms with Gasteiger partial charge < -0.3 is 14.5 Å². The Morgan fingerprint density at radius 2 is 1.96 bits per heavy atom. The molecule has 5 nitrogen and oxygen atoms in total. The van der Waals surface area contributed by atoms with E-state index in [4.69, 9.17) is 4.74 Å². The zero-order valence-electron chi connectivity index (χ0n) is 15.6. The SMILES string of the molecule is COc1cccc(CC(=O)N2CCN(C[C@H]3CCCCN3C)CC2)c1. The van der Waals surface area contributed by atoms with E-state index in [1.165, 1.54) is 25.8 Å². The van der Waals surface area contributed by atoms with Crippen LogP contribution in [0.1, 0.15) is 24.8 Å². The number of methoxy groups -OCH3 is 1. The van der Waals surface area contributed by atoms with E-state index in [0.717, 1.165) is 44.0 Å². The molecular formula is C20H31N3O2. The first kappa shape index (κ1) is 18.2. The maximum Gasteiger partial charge on any atom is 0.227 e. The second kappa shape index (κ2) is 8.68. The summed E-state index contributed by atoms with van der Waals surface area (Å²) in [6, 6.07) is 8.49. The molecule has 25 heavy (non-hydrogen) atoms. The van der Waals surface area contributed by atoms with Crippen molar-refractivity contribution in [3.63, 3.8) is 0 Å². The van der Waals surface area contributed by atoms with Crippen LogP contribution in [0, 0.1) is 0 Å². The quantitative estimate of drug-likeness (QED) is 0.816. The van der Waals surface area contributed by atoms with Gasteiger partial charge in [-0.15, -0.1) is 0 Å². The van der Waals surface area contributed by atoms with Crippen molar-refractivity contribution < 1.29 is 9.53 Å². The smallest absolute Gasteiger partial charge is 0.227 e. The molecule has 2 heterocycles. The highest BCUT2D eigenvalue weighted by atomic mass is 16.5. The Balaban J connectivity index is 1.45. The highest BCUT2D eigenvalue weighted by Gasteiger charge is 2.25. The number of likely N-dealkylation sites (tertiary alicyclic amines) is 1. The van der Waals surface area contributed by atoms with Gasteiger partial charge in [-0.2, -0.15) is 0 Å². The summed E-state index contributed by atoms with van der Waals surface area (Å²) in [6.07, 6.45) is 4.46. The van der Waals surface area contributed by atoms with Crippen LogP contribution in [0.25, 0.3) is 0 Å². The summed E-state index contributed by atoms with van der Waals surface area (Å²) in [5.41, 5.74) is 1.02. The second-order valence-electron chi connectivity index (χ2n) is 7.34. The zero-order valence-corrected chi connectivity index (χ0v) is 15.6. The lowest BCUT2D eigenvalue weighted by atomic mass is 10.0. The molecular weight excluding hydrogens is 314 g/mol. The summed E-state index contributed by atoms with van der Waals surface area (Å²) in [5.74, 6) is 1.04. The minimum Gasteiger partial charge on any atom is -0.497 e. The number of carbonyl (C=O) groups is 1. The van der Waals surface area contributed by atoms with Gasteiger partial charge in [-0.05, 0) is 44.1 Å². The average molecular weight is 345 g/mol. The predicted molar refractivity (Wildman–Crippen MR) is 100.0 cm³/mol. The molecule has 2 saturated heterocycles. The largest absolute Gasteiger partial charge is 0.497 e. The van der Waals surface area contributed by atoms with Crippen molar-refractivity contribution in [3.05, 3.63) is 29.8 Å². The van der Waals surface area contributed by atoms with Crippen molar-refractivity contribution in [2.45, 2.75) is 31.7 Å². The monoisotopic (exact) mass is 345 g/mol. The van der Waals surface area contributed by atoms with E-state index in [0.29, 0.717) is 12.5 Å². The Bertz CT molecular complexity index is 570. The maximum atomic E-state index is 12.6. The third kappa shape index (κ3) is 4.95. The number of benzene rings is 1. The Kier molecular flexibility index (Phi) is 6.32. The van der Waals surface area contributed by atoms with Crippen molar-refractivity contribution in [2.75, 3.05) is 53.4 Å². The summed E-state index contributed by atoms with van der Waals surface area (Å²) < 4.78 is 5.24. The van der Waals surface area contributed by atoms with E-state index < -0.39 is 0 Å². The zero-order chi connectivity index (χ0) is 17.6. The van der Waals surface area contributed by atoms with Gasteiger partial charge in [0.05, 0.1) is 13.5 Å². The Morgan fingerprint density at radius 3 is 2.68 bits per heavy atom. The topological polar surface area (TPSA) is 36.0 Å². The Labute approximate surface area is 151 Å². The van der Waals surface area contributed by atoms with Crippen LogP contribution in [-0.4, -0.2) is 80.1 Å². The average Bonchev–Trinajstić information content (AvgIpc) is 2.64. The first-order chi connectivity index (χ1) is 12.2. The van der Waals surface area contributed by atoms with E-state index in [1.807, 2.05) is 29.2 Å². The van der Waals surface area contributed by atoms with Crippen LogP contribution in [0.2, 0.25) is 0 Å². The van der Waals surface area contributed by atoms with Gasteiger partial charge in [0.2, 0.25) is 5.91 Å². The molecule has 5 heteroatoms. The molecule has 0 aromatic heterocycles. The van der Waals surface area contributed by atoms with Gasteiger partial charge in [-0.3, -0.25) is 9.69 Å². The fourth-order valence-corrected chi connectivity index (χ4v) is 3.92. The molecule has 1 aromatic rings. The number of piperidine rings is 1. The number of amides is 1. The predicted octanol–water partition coefficient (Wildman–Crippen LogP) is 1.87. The molecule has 0 N–H and O–H groups in total. The molecule has 1 atom stereocenters. The summed E-state index contributed by atoms with van der Waals surface area (Å²) in [6.45, 7) is 6.05. The molecule has 138 valence electrons. The van der Waals surface area contributed by atoms with Gasteiger partial charge in [0, 0.05) is 38.8 Å². The minimum atomic E-state index is 0.225. The number of hydrogen-bond acceptors (Lipinski definition) is 4. The van der Waals surface area contributed by atoms with Crippen LogP contribution in [-0.2, 0) is 11.2 Å². The lowest BCUT2D eigenvalue weighted by Gasteiger charge is -2.40. The van der Waals surface area contributed by atoms with Gasteiger partial charge >= 0.3 is 0 Å². The number of carbonyl (C=O) groups excluding carboxylic acids is 1. The van der Waals surface area contributed by atoms with Crippen LogP contribution in [0.5, 0.6) is 5.75 Å². The number of piperazine rings is 1. The molecule has 2 aliphatic heterocycles. The van der Waals surface area contributed by atoms with Crippen LogP contribution < -0.4 is 4.74 Å². The first-order valence-corrected chi connectivity index (χ1v) is 9.49. The van der Waals surface area contributed by atoms with Crippen molar-refractivity contribution in [3.8, 4) is 5.75 Å². The standard InChI is InChI=1S/C20H31N3O2/c1-21-9-4-3-7-18(21)16-22-10-12-23(13-11-22)20(24)15-17-6-5-8-19(14-17)25-2/h5-6,8,14,18H,3-4,7,9-13,15-16H2,1-2H3/t18-/m1/s1. The highest BCUT2D eigenvalue weighted by Crippen LogP contribution is 2.18. The number of nitrogens with zero attached hydrogens (tertiary/aromatic N) is 3. The molecule has 0 spiro atoms. The summed E-state index contributed by atoms with van der Waals surface area (Å²) in [7, 11) is 3.90. The summed E-state index contributed by atoms with van der Waals surface area (Å²) in [4.78, 5) is 19.6. The molecule has 0 radical (unpaired) electrons. The maximum absolute atomic E-state index is 12.6. The van der Waals surface area contributed by atoms with Gasteiger partial charge in [-0.25, -0.2) is 0 Å². The van der Waals surface area contributed by atoms with Gasteiger partial charge in [0.15, 0.2) is 0 Å². The van der Waals surface area contributed by atoms with Crippen molar-refractivity contribution in [1.82, 2.24) is 14.7 Å². The van der Waals surface area contributed by atoms with Crippen LogP contribution in [0.15, 0.2) is 24.3 Å². The second-order valence-corrected chi connectivity index (χ2v) is 7.34. The van der Waals surface area contributed by atoms with Crippen LogP contribution in [0.3, 0.4) is 0 Å². The van der Waals surface area contributed by atoms with E-state index in [9.17, 15) is 4.79 Å².